The molecule has 3 N–H and O–H groups in total. The molecule has 0 bridgehead atoms. The maximum absolute atomic E-state index is 5.17. The van der Waals surface area contributed by atoms with E-state index < -0.39 is 0 Å². The van der Waals surface area contributed by atoms with Gasteiger partial charge in [0.1, 0.15) is 0 Å². The van der Waals surface area contributed by atoms with Gasteiger partial charge in [0, 0.05) is 16.3 Å². The van der Waals surface area contributed by atoms with Crippen LogP contribution in [0.1, 0.15) is 35.2 Å². The Kier molecular flexibility index (Phi) is 8.27. The van der Waals surface area contributed by atoms with Crippen LogP contribution in [0.15, 0.2) is 194 Å². The molecule has 0 radical (unpaired) electrons. The molecule has 2 atom stereocenters. The van der Waals surface area contributed by atoms with Crippen molar-refractivity contribution in [2.45, 2.75) is 18.5 Å². The molecule has 4 nitrogen and oxygen atoms in total. The largest absolute Gasteiger partial charge is 0.279 e. The summed E-state index contributed by atoms with van der Waals surface area (Å²) in [6.07, 6.45) is -0.244. The Bertz CT molecular complexity index is 2710. The summed E-state index contributed by atoms with van der Waals surface area (Å²) in [6.45, 7) is 0. The van der Waals surface area contributed by atoms with E-state index in [0.29, 0.717) is 0 Å². The van der Waals surface area contributed by atoms with Gasteiger partial charge in [-0.25, -0.2) is 4.98 Å². The molecule has 2 heterocycles. The molecule has 8 aromatic carbocycles. The number of aromatic nitrogens is 1. The summed E-state index contributed by atoms with van der Waals surface area (Å²) in [5, 5.41) is 17.7. The van der Waals surface area contributed by atoms with Crippen molar-refractivity contribution in [3.05, 3.63) is 211 Å². The van der Waals surface area contributed by atoms with Crippen molar-refractivity contribution in [3.63, 3.8) is 0 Å². The normalized spacial score (nSPS) is 17.2. The fourth-order valence-electron chi connectivity index (χ4n) is 7.98. The maximum Gasteiger partial charge on any atom is 0.0865 e. The van der Waals surface area contributed by atoms with Crippen molar-refractivity contribution in [2.75, 3.05) is 0 Å². The van der Waals surface area contributed by atoms with E-state index in [1.54, 1.807) is 0 Å². The zero-order valence-electron chi connectivity index (χ0n) is 29.7. The molecule has 54 heavy (non-hydrogen) atoms. The molecule has 2 unspecified atom stereocenters. The lowest BCUT2D eigenvalue weighted by atomic mass is 9.92. The minimum absolute atomic E-state index is 0.0565. The average Bonchev–Trinajstić information content (AvgIpc) is 3.26. The average molecular weight is 695 g/mol. The highest BCUT2D eigenvalue weighted by atomic mass is 15.4. The predicted molar refractivity (Wildman–Crippen MR) is 224 cm³/mol. The number of nitrogens with one attached hydrogen (secondary N) is 3. The highest BCUT2D eigenvalue weighted by molar-refractivity contribution is 6.10. The van der Waals surface area contributed by atoms with Gasteiger partial charge in [0.15, 0.2) is 0 Å². The summed E-state index contributed by atoms with van der Waals surface area (Å²) in [7, 11) is 0. The van der Waals surface area contributed by atoms with E-state index in [9.17, 15) is 0 Å². The van der Waals surface area contributed by atoms with Gasteiger partial charge in [0.25, 0.3) is 0 Å². The first-order valence-electron chi connectivity index (χ1n) is 18.6. The third kappa shape index (κ3) is 6.13. The molecule has 258 valence electrons. The Morgan fingerprint density at radius 3 is 1.50 bits per heavy atom. The zero-order valence-corrected chi connectivity index (χ0v) is 29.7. The van der Waals surface area contributed by atoms with Crippen LogP contribution in [0.3, 0.4) is 0 Å². The topological polar surface area (TPSA) is 49.0 Å². The minimum Gasteiger partial charge on any atom is -0.279 e. The molecule has 1 saturated heterocycles. The van der Waals surface area contributed by atoms with Crippen LogP contribution in [0, 0.1) is 0 Å². The van der Waals surface area contributed by atoms with Crippen LogP contribution < -0.4 is 16.0 Å². The molecule has 0 spiro atoms. The van der Waals surface area contributed by atoms with E-state index in [2.05, 4.69) is 210 Å². The van der Waals surface area contributed by atoms with Crippen LogP contribution >= 0.6 is 0 Å². The van der Waals surface area contributed by atoms with Crippen LogP contribution in [0.2, 0.25) is 0 Å². The second kappa shape index (κ2) is 13.8. The fourth-order valence-corrected chi connectivity index (χ4v) is 7.98. The summed E-state index contributed by atoms with van der Waals surface area (Å²) in [5.74, 6) is 0. The van der Waals surface area contributed by atoms with Gasteiger partial charge in [-0.2, -0.15) is 0 Å². The summed E-state index contributed by atoms with van der Waals surface area (Å²) >= 11 is 0. The first kappa shape index (κ1) is 32.2. The second-order valence-corrected chi connectivity index (χ2v) is 14.1. The Labute approximate surface area is 315 Å². The fraction of sp³-hybridized carbons (Fsp3) is 0.0600. The van der Waals surface area contributed by atoms with Crippen molar-refractivity contribution in [3.8, 4) is 33.5 Å². The lowest BCUT2D eigenvalue weighted by molar-refractivity contribution is 0.203. The van der Waals surface area contributed by atoms with Gasteiger partial charge >= 0.3 is 0 Å². The summed E-state index contributed by atoms with van der Waals surface area (Å²) < 4.78 is 0. The van der Waals surface area contributed by atoms with Gasteiger partial charge in [0.05, 0.1) is 29.7 Å². The standard InChI is InChI=1S/C50H38N4/c1-3-14-36(15-4-1)48-52-49(37-16-5-2-6-17-37)54-50(53-48)42-31-40(30-41(32-42)39-28-25-33-13-7-8-18-38(33)29-39)34-23-26-35(27-24-34)47-45-21-10-9-19-43(45)44-20-11-12-22-46(44)51-47/h1-32,48-50,52-54H. The van der Waals surface area contributed by atoms with Gasteiger partial charge in [-0.05, 0) is 85.4 Å². The van der Waals surface area contributed by atoms with E-state index in [4.69, 9.17) is 4.98 Å². The van der Waals surface area contributed by atoms with Crippen molar-refractivity contribution in [1.82, 2.24) is 20.9 Å². The number of nitrogens with zero attached hydrogens (tertiary/aromatic N) is 1. The number of rotatable bonds is 6. The monoisotopic (exact) mass is 694 g/mol. The van der Waals surface area contributed by atoms with E-state index in [0.717, 1.165) is 33.3 Å². The molecule has 0 saturated carbocycles. The number of hydrogen-bond donors (Lipinski definition) is 3. The smallest absolute Gasteiger partial charge is 0.0865 e. The number of fused-ring (bicyclic) bond motifs is 4. The number of para-hydroxylation sites is 1. The van der Waals surface area contributed by atoms with Crippen LogP contribution in [-0.2, 0) is 0 Å². The second-order valence-electron chi connectivity index (χ2n) is 14.1. The number of benzene rings is 8. The molecule has 9 aromatic rings. The van der Waals surface area contributed by atoms with Gasteiger partial charge in [-0.1, -0.05) is 164 Å². The lowest BCUT2D eigenvalue weighted by Gasteiger charge is -2.40. The molecule has 4 heteroatoms. The Morgan fingerprint density at radius 2 is 0.815 bits per heavy atom. The summed E-state index contributed by atoms with van der Waals surface area (Å²) in [5.41, 5.74) is 11.4. The molecule has 1 aliphatic heterocycles. The Morgan fingerprint density at radius 1 is 0.315 bits per heavy atom. The summed E-state index contributed by atoms with van der Waals surface area (Å²) in [4.78, 5) is 5.17. The van der Waals surface area contributed by atoms with Crippen LogP contribution in [0.25, 0.3) is 66.0 Å². The van der Waals surface area contributed by atoms with E-state index in [-0.39, 0.29) is 18.5 Å². The SMILES string of the molecule is c1ccc(C2NC(c3ccccc3)NC(c3cc(-c4ccc(-c5nc6ccccc6c6ccccc56)cc4)cc(-c4ccc5ccccc5c4)c3)N2)cc1. The molecule has 1 aromatic heterocycles. The van der Waals surface area contributed by atoms with E-state index >= 15 is 0 Å². The van der Waals surface area contributed by atoms with Crippen molar-refractivity contribution in [1.29, 1.82) is 0 Å². The third-order valence-corrected chi connectivity index (χ3v) is 10.7. The zero-order chi connectivity index (χ0) is 35.8. The highest BCUT2D eigenvalue weighted by Crippen LogP contribution is 2.37. The molecule has 1 fully saturated rings. The quantitative estimate of drug-likeness (QED) is 0.152. The summed E-state index contributed by atoms with van der Waals surface area (Å²) in [6, 6.07) is 69.6. The van der Waals surface area contributed by atoms with Crippen molar-refractivity contribution in [2.24, 2.45) is 0 Å². The highest BCUT2D eigenvalue weighted by Gasteiger charge is 2.30. The van der Waals surface area contributed by atoms with Crippen LogP contribution in [0.5, 0.6) is 0 Å². The van der Waals surface area contributed by atoms with Gasteiger partial charge in [-0.3, -0.25) is 16.0 Å². The van der Waals surface area contributed by atoms with Gasteiger partial charge < -0.3 is 0 Å². The van der Waals surface area contributed by atoms with Crippen LogP contribution in [0.4, 0.5) is 0 Å². The first-order valence-corrected chi connectivity index (χ1v) is 18.6. The van der Waals surface area contributed by atoms with Gasteiger partial charge in [0.2, 0.25) is 0 Å². The Hall–Kier alpha value is -6.43. The molecule has 10 rings (SSSR count). The number of pyridine rings is 1. The van der Waals surface area contributed by atoms with Crippen molar-refractivity contribution < 1.29 is 0 Å². The number of hydrogen-bond acceptors (Lipinski definition) is 4. The lowest BCUT2D eigenvalue weighted by Crippen LogP contribution is -2.54. The molecule has 0 amide bonds. The maximum atomic E-state index is 5.17. The van der Waals surface area contributed by atoms with Crippen molar-refractivity contribution >= 4 is 32.4 Å². The molecular weight excluding hydrogens is 657 g/mol. The minimum atomic E-state index is -0.131. The van der Waals surface area contributed by atoms with E-state index in [1.807, 2.05) is 0 Å². The Balaban J connectivity index is 1.09. The molecule has 1 aliphatic rings. The molecular formula is C50H38N4. The first-order chi connectivity index (χ1) is 26.7. The third-order valence-electron chi connectivity index (χ3n) is 10.7. The van der Waals surface area contributed by atoms with E-state index in [1.165, 1.54) is 49.4 Å². The predicted octanol–water partition coefficient (Wildman–Crippen LogP) is 11.7. The molecule has 0 aliphatic carbocycles. The van der Waals surface area contributed by atoms with Gasteiger partial charge in [-0.15, -0.1) is 0 Å². The van der Waals surface area contributed by atoms with Crippen LogP contribution in [-0.4, -0.2) is 4.98 Å².